The van der Waals surface area contributed by atoms with Gasteiger partial charge >= 0.3 is 0 Å². The van der Waals surface area contributed by atoms with Gasteiger partial charge in [0.1, 0.15) is 11.0 Å². The Balaban J connectivity index is 2.76. The van der Waals surface area contributed by atoms with Crippen LogP contribution in [0.2, 0.25) is 5.15 Å². The standard InChI is InChI=1S/C10H16ClN3/c1-6(2)7(3)13-10-5-8(12)4-9(11)14-10/h4-7H,1-3H3,(H3,12,13,14). The lowest BCUT2D eigenvalue weighted by Crippen LogP contribution is -2.22. The van der Waals surface area contributed by atoms with Gasteiger partial charge in [0.25, 0.3) is 0 Å². The molecule has 1 atom stereocenters. The van der Waals surface area contributed by atoms with Crippen molar-refractivity contribution in [1.82, 2.24) is 4.98 Å². The number of aromatic nitrogens is 1. The molecule has 0 saturated heterocycles. The molecule has 0 aromatic carbocycles. The van der Waals surface area contributed by atoms with Gasteiger partial charge in [0.05, 0.1) is 0 Å². The highest BCUT2D eigenvalue weighted by Crippen LogP contribution is 2.17. The molecule has 3 nitrogen and oxygen atoms in total. The van der Waals surface area contributed by atoms with E-state index in [1.54, 1.807) is 12.1 Å². The lowest BCUT2D eigenvalue weighted by atomic mass is 10.1. The quantitative estimate of drug-likeness (QED) is 0.760. The van der Waals surface area contributed by atoms with E-state index in [0.717, 1.165) is 5.82 Å². The number of halogens is 1. The number of nitrogens with two attached hydrogens (primary N) is 1. The molecule has 0 aliphatic heterocycles. The number of nitrogens with zero attached hydrogens (tertiary/aromatic N) is 1. The minimum Gasteiger partial charge on any atom is -0.399 e. The van der Waals surface area contributed by atoms with Crippen LogP contribution in [-0.4, -0.2) is 11.0 Å². The number of hydrogen-bond acceptors (Lipinski definition) is 3. The first kappa shape index (κ1) is 11.1. The Labute approximate surface area is 89.7 Å². The van der Waals surface area contributed by atoms with Crippen molar-refractivity contribution in [1.29, 1.82) is 0 Å². The summed E-state index contributed by atoms with van der Waals surface area (Å²) >= 11 is 5.78. The summed E-state index contributed by atoms with van der Waals surface area (Å²) in [5.74, 6) is 1.27. The van der Waals surface area contributed by atoms with Gasteiger partial charge in [0.15, 0.2) is 0 Å². The van der Waals surface area contributed by atoms with Gasteiger partial charge in [0.2, 0.25) is 0 Å². The average molecular weight is 214 g/mol. The van der Waals surface area contributed by atoms with Crippen molar-refractivity contribution in [2.24, 2.45) is 5.92 Å². The summed E-state index contributed by atoms with van der Waals surface area (Å²) in [6, 6.07) is 3.76. The molecule has 0 spiro atoms. The molecule has 4 heteroatoms. The summed E-state index contributed by atoms with van der Waals surface area (Å²) in [6.07, 6.45) is 0. The molecule has 1 aromatic rings. The summed E-state index contributed by atoms with van der Waals surface area (Å²) in [5, 5.41) is 3.67. The lowest BCUT2D eigenvalue weighted by molar-refractivity contribution is 0.558. The molecule has 3 N–H and O–H groups in total. The first-order valence-corrected chi connectivity index (χ1v) is 5.06. The van der Waals surface area contributed by atoms with Gasteiger partial charge in [-0.05, 0) is 18.9 Å². The average Bonchev–Trinajstić information content (AvgIpc) is 2.01. The van der Waals surface area contributed by atoms with E-state index in [2.05, 4.69) is 31.1 Å². The molecule has 78 valence electrons. The molecule has 1 unspecified atom stereocenters. The second-order valence-corrected chi connectivity index (χ2v) is 4.17. The van der Waals surface area contributed by atoms with E-state index in [1.165, 1.54) is 0 Å². The number of hydrogen-bond donors (Lipinski definition) is 2. The minimum atomic E-state index is 0.348. The van der Waals surface area contributed by atoms with Gasteiger partial charge in [-0.25, -0.2) is 4.98 Å². The van der Waals surface area contributed by atoms with Crippen molar-refractivity contribution >= 4 is 23.1 Å². The topological polar surface area (TPSA) is 50.9 Å². The van der Waals surface area contributed by atoms with E-state index in [0.29, 0.717) is 22.8 Å². The zero-order valence-corrected chi connectivity index (χ0v) is 9.47. The monoisotopic (exact) mass is 213 g/mol. The molecule has 0 saturated carbocycles. The van der Waals surface area contributed by atoms with Crippen LogP contribution in [0, 0.1) is 5.92 Å². The Morgan fingerprint density at radius 2 is 2.00 bits per heavy atom. The lowest BCUT2D eigenvalue weighted by Gasteiger charge is -2.18. The zero-order valence-electron chi connectivity index (χ0n) is 8.71. The van der Waals surface area contributed by atoms with E-state index in [9.17, 15) is 0 Å². The molecule has 0 aliphatic rings. The van der Waals surface area contributed by atoms with Crippen molar-refractivity contribution in [2.75, 3.05) is 11.1 Å². The smallest absolute Gasteiger partial charge is 0.133 e. The van der Waals surface area contributed by atoms with E-state index in [1.807, 2.05) is 0 Å². The third-order valence-electron chi connectivity index (χ3n) is 2.19. The molecule has 0 bridgehead atoms. The maximum atomic E-state index is 5.78. The molecule has 0 fully saturated rings. The van der Waals surface area contributed by atoms with Crippen LogP contribution >= 0.6 is 11.6 Å². The number of nitrogens with one attached hydrogen (secondary N) is 1. The normalized spacial score (nSPS) is 12.9. The number of rotatable bonds is 3. The molecular weight excluding hydrogens is 198 g/mol. The molecular formula is C10H16ClN3. The van der Waals surface area contributed by atoms with E-state index in [4.69, 9.17) is 17.3 Å². The fraction of sp³-hybridized carbons (Fsp3) is 0.500. The summed E-state index contributed by atoms with van der Waals surface area (Å²) in [4.78, 5) is 4.13. The third-order valence-corrected chi connectivity index (χ3v) is 2.39. The Hall–Kier alpha value is -0.960. The van der Waals surface area contributed by atoms with Gasteiger partial charge in [-0.2, -0.15) is 0 Å². The molecule has 1 heterocycles. The molecule has 0 amide bonds. The summed E-state index contributed by atoms with van der Waals surface area (Å²) in [6.45, 7) is 6.39. The highest BCUT2D eigenvalue weighted by Gasteiger charge is 2.07. The van der Waals surface area contributed by atoms with Crippen molar-refractivity contribution in [3.05, 3.63) is 17.3 Å². The Morgan fingerprint density at radius 1 is 1.36 bits per heavy atom. The van der Waals surface area contributed by atoms with E-state index in [-0.39, 0.29) is 0 Å². The first-order chi connectivity index (χ1) is 6.49. The number of anilines is 2. The fourth-order valence-corrected chi connectivity index (χ4v) is 1.21. The predicted octanol–water partition coefficient (Wildman–Crippen LogP) is 2.77. The minimum absolute atomic E-state index is 0.348. The molecule has 1 aromatic heterocycles. The number of pyridine rings is 1. The van der Waals surface area contributed by atoms with Gasteiger partial charge in [-0.3, -0.25) is 0 Å². The van der Waals surface area contributed by atoms with Crippen molar-refractivity contribution in [2.45, 2.75) is 26.8 Å². The van der Waals surface area contributed by atoms with Crippen molar-refractivity contribution in [3.8, 4) is 0 Å². The van der Waals surface area contributed by atoms with Gasteiger partial charge in [0, 0.05) is 17.8 Å². The Morgan fingerprint density at radius 3 is 2.50 bits per heavy atom. The molecule has 1 rings (SSSR count). The van der Waals surface area contributed by atoms with E-state index >= 15 is 0 Å². The fourth-order valence-electron chi connectivity index (χ4n) is 0.991. The second kappa shape index (κ2) is 4.51. The van der Waals surface area contributed by atoms with Crippen LogP contribution in [-0.2, 0) is 0 Å². The first-order valence-electron chi connectivity index (χ1n) is 4.68. The molecule has 14 heavy (non-hydrogen) atoms. The van der Waals surface area contributed by atoms with Crippen LogP contribution in [0.3, 0.4) is 0 Å². The SMILES string of the molecule is CC(C)C(C)Nc1cc(N)cc(Cl)n1. The predicted molar refractivity (Wildman–Crippen MR) is 61.6 cm³/mol. The molecule has 0 aliphatic carbocycles. The zero-order chi connectivity index (χ0) is 10.7. The van der Waals surface area contributed by atoms with Gasteiger partial charge in [-0.1, -0.05) is 25.4 Å². The van der Waals surface area contributed by atoms with E-state index < -0.39 is 0 Å². The van der Waals surface area contributed by atoms with Crippen LogP contribution in [0.4, 0.5) is 11.5 Å². The highest BCUT2D eigenvalue weighted by atomic mass is 35.5. The third kappa shape index (κ3) is 3.07. The second-order valence-electron chi connectivity index (χ2n) is 3.79. The van der Waals surface area contributed by atoms with Crippen LogP contribution in [0.5, 0.6) is 0 Å². The summed E-state index contributed by atoms with van der Waals surface area (Å²) in [7, 11) is 0. The Bertz CT molecular complexity index is 292. The van der Waals surface area contributed by atoms with Crippen molar-refractivity contribution < 1.29 is 0 Å². The summed E-state index contributed by atoms with van der Waals surface area (Å²) in [5.41, 5.74) is 6.28. The summed E-state index contributed by atoms with van der Waals surface area (Å²) < 4.78 is 0. The number of nitrogen functional groups attached to an aromatic ring is 1. The van der Waals surface area contributed by atoms with Crippen molar-refractivity contribution in [3.63, 3.8) is 0 Å². The van der Waals surface area contributed by atoms with Gasteiger partial charge < -0.3 is 11.1 Å². The van der Waals surface area contributed by atoms with Crippen LogP contribution in [0.15, 0.2) is 12.1 Å². The van der Waals surface area contributed by atoms with Crippen LogP contribution < -0.4 is 11.1 Å². The van der Waals surface area contributed by atoms with Crippen LogP contribution in [0.1, 0.15) is 20.8 Å². The largest absolute Gasteiger partial charge is 0.399 e. The molecule has 0 radical (unpaired) electrons. The maximum Gasteiger partial charge on any atom is 0.133 e. The highest BCUT2D eigenvalue weighted by molar-refractivity contribution is 6.29. The van der Waals surface area contributed by atoms with Gasteiger partial charge in [-0.15, -0.1) is 0 Å². The Kier molecular flexibility index (Phi) is 3.58. The van der Waals surface area contributed by atoms with Crippen LogP contribution in [0.25, 0.3) is 0 Å². The maximum absolute atomic E-state index is 5.78.